The summed E-state index contributed by atoms with van der Waals surface area (Å²) in [4.78, 5) is 0. The second-order valence-electron chi connectivity index (χ2n) is 5.53. The minimum atomic E-state index is -1.93. The first-order chi connectivity index (χ1) is 10.5. The van der Waals surface area contributed by atoms with Gasteiger partial charge in [0.2, 0.25) is 0 Å². The quantitative estimate of drug-likeness (QED) is 0.469. The van der Waals surface area contributed by atoms with E-state index in [0.29, 0.717) is 12.0 Å². The Morgan fingerprint density at radius 1 is 0.955 bits per heavy atom. The van der Waals surface area contributed by atoms with Gasteiger partial charge in [-0.3, -0.25) is 0 Å². The van der Waals surface area contributed by atoms with Crippen molar-refractivity contribution in [3.05, 3.63) is 35.4 Å². The highest BCUT2D eigenvalue weighted by atomic mass is 19.2. The molecular weight excluding hydrogens is 290 g/mol. The van der Waals surface area contributed by atoms with Crippen LogP contribution in [-0.2, 0) is 4.74 Å². The SMILES string of the molecule is CCCCCCCCCC(OC(O)O)c1ccc(F)c(F)c1. The molecule has 0 heterocycles. The molecule has 0 aliphatic rings. The fourth-order valence-electron chi connectivity index (χ4n) is 2.46. The molecular formula is C17H26F2O3. The predicted molar refractivity (Wildman–Crippen MR) is 81.0 cm³/mol. The summed E-state index contributed by atoms with van der Waals surface area (Å²) in [6, 6.07) is 3.48. The molecule has 0 aliphatic carbocycles. The Balaban J connectivity index is 2.45. The summed E-state index contributed by atoms with van der Waals surface area (Å²) < 4.78 is 31.2. The molecule has 0 spiro atoms. The van der Waals surface area contributed by atoms with Gasteiger partial charge in [0.25, 0.3) is 6.48 Å². The van der Waals surface area contributed by atoms with E-state index in [1.807, 2.05) is 0 Å². The van der Waals surface area contributed by atoms with E-state index in [1.165, 1.54) is 31.7 Å². The molecule has 2 N–H and O–H groups in total. The van der Waals surface area contributed by atoms with Crippen LogP contribution in [0.5, 0.6) is 0 Å². The number of aliphatic hydroxyl groups excluding tert-OH is 1. The Hall–Kier alpha value is -1.04. The maximum Gasteiger partial charge on any atom is 0.267 e. The molecule has 0 bridgehead atoms. The first-order valence-corrected chi connectivity index (χ1v) is 8.01. The summed E-state index contributed by atoms with van der Waals surface area (Å²) >= 11 is 0. The van der Waals surface area contributed by atoms with Gasteiger partial charge >= 0.3 is 0 Å². The van der Waals surface area contributed by atoms with Gasteiger partial charge in [-0.05, 0) is 24.1 Å². The van der Waals surface area contributed by atoms with Crippen molar-refractivity contribution in [3.63, 3.8) is 0 Å². The van der Waals surface area contributed by atoms with Crippen molar-refractivity contribution < 1.29 is 23.7 Å². The lowest BCUT2D eigenvalue weighted by Gasteiger charge is -2.19. The molecule has 0 saturated heterocycles. The monoisotopic (exact) mass is 316 g/mol. The fourth-order valence-corrected chi connectivity index (χ4v) is 2.46. The second-order valence-corrected chi connectivity index (χ2v) is 5.53. The average Bonchev–Trinajstić information content (AvgIpc) is 2.47. The number of halogens is 2. The van der Waals surface area contributed by atoms with E-state index in [1.54, 1.807) is 0 Å². The van der Waals surface area contributed by atoms with Crippen molar-refractivity contribution in [3.8, 4) is 0 Å². The van der Waals surface area contributed by atoms with Gasteiger partial charge in [-0.2, -0.15) is 0 Å². The third kappa shape index (κ3) is 7.29. The lowest BCUT2D eigenvalue weighted by Crippen LogP contribution is -2.16. The number of rotatable bonds is 11. The Kier molecular flexibility index (Phi) is 9.20. The van der Waals surface area contributed by atoms with Crippen LogP contribution in [0, 0.1) is 11.6 Å². The summed E-state index contributed by atoms with van der Waals surface area (Å²) in [5, 5.41) is 17.9. The van der Waals surface area contributed by atoms with Crippen molar-refractivity contribution in [1.82, 2.24) is 0 Å². The van der Waals surface area contributed by atoms with Crippen molar-refractivity contribution in [2.75, 3.05) is 0 Å². The van der Waals surface area contributed by atoms with Gasteiger partial charge in [-0.25, -0.2) is 8.78 Å². The summed E-state index contributed by atoms with van der Waals surface area (Å²) in [6.45, 7) is 0.243. The largest absolute Gasteiger partial charge is 0.346 e. The van der Waals surface area contributed by atoms with Crippen LogP contribution in [0.25, 0.3) is 0 Å². The molecule has 0 fully saturated rings. The smallest absolute Gasteiger partial charge is 0.267 e. The standard InChI is InChI=1S/C17H26F2O3/c1-2-3-4-5-6-7-8-9-16(22-17(20)21)13-10-11-14(18)15(19)12-13/h10-12,16-17,20-21H,2-9H2,1H3. The molecule has 0 radical (unpaired) electrons. The van der Waals surface area contributed by atoms with Gasteiger partial charge in [0.15, 0.2) is 11.6 Å². The van der Waals surface area contributed by atoms with E-state index >= 15 is 0 Å². The van der Waals surface area contributed by atoms with Crippen molar-refractivity contribution in [1.29, 1.82) is 0 Å². The maximum atomic E-state index is 13.3. The number of ether oxygens (including phenoxy) is 1. The van der Waals surface area contributed by atoms with Crippen molar-refractivity contribution in [2.24, 2.45) is 0 Å². The summed E-state index contributed by atoms with van der Waals surface area (Å²) in [6.07, 6.45) is 7.73. The number of hydrogen-bond donors (Lipinski definition) is 2. The summed E-state index contributed by atoms with van der Waals surface area (Å²) in [5.41, 5.74) is 0.415. The van der Waals surface area contributed by atoms with E-state index in [2.05, 4.69) is 6.92 Å². The zero-order valence-corrected chi connectivity index (χ0v) is 13.1. The summed E-state index contributed by atoms with van der Waals surface area (Å²) in [7, 11) is 0. The molecule has 1 rings (SSSR count). The minimum Gasteiger partial charge on any atom is -0.346 e. The van der Waals surface area contributed by atoms with E-state index in [-0.39, 0.29) is 0 Å². The molecule has 1 aromatic carbocycles. The first kappa shape index (κ1) is 19.0. The fraction of sp³-hybridized carbons (Fsp3) is 0.647. The predicted octanol–water partition coefficient (Wildman–Crippen LogP) is 4.43. The van der Waals surface area contributed by atoms with Gasteiger partial charge in [-0.15, -0.1) is 0 Å². The Bertz CT molecular complexity index is 424. The molecule has 3 nitrogen and oxygen atoms in total. The maximum absolute atomic E-state index is 13.3. The first-order valence-electron chi connectivity index (χ1n) is 8.01. The second kappa shape index (κ2) is 10.6. The normalized spacial score (nSPS) is 12.8. The van der Waals surface area contributed by atoms with Crippen LogP contribution >= 0.6 is 0 Å². The third-order valence-corrected chi connectivity index (χ3v) is 3.67. The van der Waals surface area contributed by atoms with Crippen LogP contribution in [0.1, 0.15) is 70.0 Å². The Labute approximate surface area is 130 Å². The molecule has 5 heteroatoms. The molecule has 0 aromatic heterocycles. The van der Waals surface area contributed by atoms with Gasteiger partial charge in [0, 0.05) is 0 Å². The number of aliphatic hydroxyl groups is 2. The summed E-state index contributed by atoms with van der Waals surface area (Å²) in [5.74, 6) is -1.89. The van der Waals surface area contributed by atoms with Gasteiger partial charge in [0.05, 0.1) is 6.10 Å². The van der Waals surface area contributed by atoms with E-state index in [0.717, 1.165) is 31.4 Å². The lowest BCUT2D eigenvalue weighted by atomic mass is 10.0. The molecule has 22 heavy (non-hydrogen) atoms. The molecule has 126 valence electrons. The lowest BCUT2D eigenvalue weighted by molar-refractivity contribution is -0.259. The van der Waals surface area contributed by atoms with Crippen LogP contribution in [0.2, 0.25) is 0 Å². The van der Waals surface area contributed by atoms with Crippen LogP contribution < -0.4 is 0 Å². The third-order valence-electron chi connectivity index (χ3n) is 3.67. The van der Waals surface area contributed by atoms with E-state index in [9.17, 15) is 8.78 Å². The Morgan fingerprint density at radius 2 is 1.59 bits per heavy atom. The van der Waals surface area contributed by atoms with Crippen LogP contribution in [-0.4, -0.2) is 16.7 Å². The highest BCUT2D eigenvalue weighted by Gasteiger charge is 2.17. The minimum absolute atomic E-state index is 0.415. The molecule has 0 saturated carbocycles. The zero-order chi connectivity index (χ0) is 16.4. The van der Waals surface area contributed by atoms with Crippen LogP contribution in [0.15, 0.2) is 18.2 Å². The highest BCUT2D eigenvalue weighted by Crippen LogP contribution is 2.26. The van der Waals surface area contributed by atoms with Crippen LogP contribution in [0.4, 0.5) is 8.78 Å². The molecule has 0 amide bonds. The highest BCUT2D eigenvalue weighted by molar-refractivity contribution is 5.20. The Morgan fingerprint density at radius 3 is 2.18 bits per heavy atom. The van der Waals surface area contributed by atoms with Gasteiger partial charge in [-0.1, -0.05) is 57.9 Å². The van der Waals surface area contributed by atoms with Crippen LogP contribution in [0.3, 0.4) is 0 Å². The number of hydrogen-bond acceptors (Lipinski definition) is 3. The molecule has 1 atom stereocenters. The molecule has 1 aromatic rings. The molecule has 1 unspecified atom stereocenters. The van der Waals surface area contributed by atoms with E-state index in [4.69, 9.17) is 14.9 Å². The van der Waals surface area contributed by atoms with Crippen molar-refractivity contribution in [2.45, 2.75) is 70.9 Å². The van der Waals surface area contributed by atoms with Crippen molar-refractivity contribution >= 4 is 0 Å². The molecule has 0 aliphatic heterocycles. The van der Waals surface area contributed by atoms with Gasteiger partial charge in [0.1, 0.15) is 0 Å². The zero-order valence-electron chi connectivity index (χ0n) is 13.1. The average molecular weight is 316 g/mol. The number of unbranched alkanes of at least 4 members (excludes halogenated alkanes) is 6. The topological polar surface area (TPSA) is 49.7 Å². The number of benzene rings is 1. The van der Waals surface area contributed by atoms with Gasteiger partial charge < -0.3 is 14.9 Å². The van der Waals surface area contributed by atoms with E-state index < -0.39 is 24.2 Å².